The highest BCUT2D eigenvalue weighted by Gasteiger charge is 2.21. The van der Waals surface area contributed by atoms with Crippen molar-refractivity contribution in [2.75, 3.05) is 19.8 Å². The molecule has 1 aromatic carbocycles. The van der Waals surface area contributed by atoms with E-state index in [1.54, 1.807) is 0 Å². The van der Waals surface area contributed by atoms with Crippen LogP contribution in [-0.2, 0) is 11.2 Å². The third-order valence-electron chi connectivity index (χ3n) is 3.24. The highest BCUT2D eigenvalue weighted by Crippen LogP contribution is 2.32. The first-order valence-electron chi connectivity index (χ1n) is 6.40. The van der Waals surface area contributed by atoms with Crippen molar-refractivity contribution in [1.82, 2.24) is 5.32 Å². The van der Waals surface area contributed by atoms with Gasteiger partial charge in [0.1, 0.15) is 0 Å². The lowest BCUT2D eigenvalue weighted by molar-refractivity contribution is 0.144. The van der Waals surface area contributed by atoms with E-state index in [0.29, 0.717) is 6.04 Å². The molecule has 0 aromatic heterocycles. The molecular formula is C14H20BrNO. The molecule has 1 aliphatic carbocycles. The predicted octanol–water partition coefficient (Wildman–Crippen LogP) is 3.45. The van der Waals surface area contributed by atoms with Crippen LogP contribution in [0, 0.1) is 0 Å². The number of rotatable bonds is 6. The Balaban J connectivity index is 1.81. The Labute approximate surface area is 112 Å². The Bertz CT molecular complexity index is 367. The summed E-state index contributed by atoms with van der Waals surface area (Å²) in [6, 6.07) is 7.17. The Hall–Kier alpha value is -0.380. The van der Waals surface area contributed by atoms with E-state index in [-0.39, 0.29) is 0 Å². The molecular weight excluding hydrogens is 278 g/mol. The number of fused-ring (bicyclic) bond motifs is 1. The molecule has 0 fully saturated rings. The highest BCUT2D eigenvalue weighted by atomic mass is 79.9. The molecule has 0 saturated heterocycles. The van der Waals surface area contributed by atoms with Crippen LogP contribution >= 0.6 is 15.9 Å². The molecule has 1 N–H and O–H groups in total. The molecule has 0 saturated carbocycles. The number of benzene rings is 1. The summed E-state index contributed by atoms with van der Waals surface area (Å²) < 4.78 is 6.53. The molecule has 0 amide bonds. The standard InChI is InChI=1S/C14H20BrNO/c1-2-17-9-3-8-16-14-7-4-11-10-12(15)5-6-13(11)14/h5-6,10,14,16H,2-4,7-9H2,1H3. The van der Waals surface area contributed by atoms with E-state index >= 15 is 0 Å². The van der Waals surface area contributed by atoms with Gasteiger partial charge in [-0.25, -0.2) is 0 Å². The quantitative estimate of drug-likeness (QED) is 0.812. The maximum Gasteiger partial charge on any atom is 0.0477 e. The van der Waals surface area contributed by atoms with Crippen molar-refractivity contribution in [3.63, 3.8) is 0 Å². The minimum Gasteiger partial charge on any atom is -0.382 e. The van der Waals surface area contributed by atoms with Crippen molar-refractivity contribution < 1.29 is 4.74 Å². The molecule has 1 aliphatic rings. The van der Waals surface area contributed by atoms with Crippen LogP contribution in [0.5, 0.6) is 0 Å². The van der Waals surface area contributed by atoms with Crippen molar-refractivity contribution >= 4 is 15.9 Å². The van der Waals surface area contributed by atoms with Crippen molar-refractivity contribution in [3.05, 3.63) is 33.8 Å². The first kappa shape index (κ1) is 13.1. The number of hydrogen-bond acceptors (Lipinski definition) is 2. The maximum atomic E-state index is 5.34. The smallest absolute Gasteiger partial charge is 0.0477 e. The van der Waals surface area contributed by atoms with Gasteiger partial charge in [0.2, 0.25) is 0 Å². The summed E-state index contributed by atoms with van der Waals surface area (Å²) in [6.45, 7) is 4.77. The zero-order chi connectivity index (χ0) is 12.1. The van der Waals surface area contributed by atoms with Gasteiger partial charge < -0.3 is 10.1 Å². The fourth-order valence-electron chi connectivity index (χ4n) is 2.39. The third-order valence-corrected chi connectivity index (χ3v) is 3.74. The largest absolute Gasteiger partial charge is 0.382 e. The van der Waals surface area contributed by atoms with Gasteiger partial charge in [0, 0.05) is 23.7 Å². The number of ether oxygens (including phenoxy) is 1. The topological polar surface area (TPSA) is 21.3 Å². The molecule has 1 unspecified atom stereocenters. The van der Waals surface area contributed by atoms with E-state index < -0.39 is 0 Å². The first-order chi connectivity index (χ1) is 8.31. The van der Waals surface area contributed by atoms with Crippen LogP contribution in [0.2, 0.25) is 0 Å². The van der Waals surface area contributed by atoms with Crippen molar-refractivity contribution in [3.8, 4) is 0 Å². The average Bonchev–Trinajstić information content (AvgIpc) is 2.71. The fourth-order valence-corrected chi connectivity index (χ4v) is 2.80. The van der Waals surface area contributed by atoms with Crippen molar-refractivity contribution in [2.45, 2.75) is 32.2 Å². The lowest BCUT2D eigenvalue weighted by Crippen LogP contribution is -2.21. The molecule has 2 nitrogen and oxygen atoms in total. The van der Waals surface area contributed by atoms with Gasteiger partial charge in [-0.05, 0) is 56.0 Å². The number of hydrogen-bond donors (Lipinski definition) is 1. The molecule has 0 spiro atoms. The van der Waals surface area contributed by atoms with E-state index in [9.17, 15) is 0 Å². The van der Waals surface area contributed by atoms with Gasteiger partial charge in [-0.15, -0.1) is 0 Å². The Morgan fingerprint density at radius 3 is 3.18 bits per heavy atom. The van der Waals surface area contributed by atoms with Gasteiger partial charge >= 0.3 is 0 Å². The van der Waals surface area contributed by atoms with Gasteiger partial charge in [-0.1, -0.05) is 22.0 Å². The monoisotopic (exact) mass is 297 g/mol. The summed E-state index contributed by atoms with van der Waals surface area (Å²) in [6.07, 6.45) is 3.51. The van der Waals surface area contributed by atoms with Crippen LogP contribution in [0.15, 0.2) is 22.7 Å². The normalized spacial score (nSPS) is 18.4. The Kier molecular flexibility index (Phi) is 5.01. The molecule has 1 aromatic rings. The van der Waals surface area contributed by atoms with Crippen molar-refractivity contribution in [2.24, 2.45) is 0 Å². The summed E-state index contributed by atoms with van der Waals surface area (Å²) in [5.41, 5.74) is 2.96. The molecule has 17 heavy (non-hydrogen) atoms. The summed E-state index contributed by atoms with van der Waals surface area (Å²) in [5.74, 6) is 0. The van der Waals surface area contributed by atoms with Gasteiger partial charge in [0.15, 0.2) is 0 Å². The van der Waals surface area contributed by atoms with E-state index in [2.05, 4.69) is 39.4 Å². The fraction of sp³-hybridized carbons (Fsp3) is 0.571. The van der Waals surface area contributed by atoms with Gasteiger partial charge in [0.25, 0.3) is 0 Å². The van der Waals surface area contributed by atoms with E-state index in [4.69, 9.17) is 4.74 Å². The highest BCUT2D eigenvalue weighted by molar-refractivity contribution is 9.10. The predicted molar refractivity (Wildman–Crippen MR) is 74.3 cm³/mol. The van der Waals surface area contributed by atoms with Crippen LogP contribution in [0.3, 0.4) is 0 Å². The second-order valence-corrected chi connectivity index (χ2v) is 5.35. The van der Waals surface area contributed by atoms with Crippen molar-refractivity contribution in [1.29, 1.82) is 0 Å². The van der Waals surface area contributed by atoms with E-state index in [1.807, 2.05) is 6.92 Å². The number of nitrogens with one attached hydrogen (secondary N) is 1. The van der Waals surface area contributed by atoms with Gasteiger partial charge in [0.05, 0.1) is 0 Å². The van der Waals surface area contributed by atoms with Crippen LogP contribution in [0.25, 0.3) is 0 Å². The molecule has 0 aliphatic heterocycles. The zero-order valence-corrected chi connectivity index (χ0v) is 11.9. The second-order valence-electron chi connectivity index (χ2n) is 4.44. The molecule has 2 rings (SSSR count). The lowest BCUT2D eigenvalue weighted by Gasteiger charge is -2.14. The molecule has 0 heterocycles. The number of aryl methyl sites for hydroxylation is 1. The summed E-state index contributed by atoms with van der Waals surface area (Å²) >= 11 is 3.53. The maximum absolute atomic E-state index is 5.34. The number of halogens is 1. The minimum absolute atomic E-state index is 0.541. The van der Waals surface area contributed by atoms with Gasteiger partial charge in [-0.2, -0.15) is 0 Å². The Morgan fingerprint density at radius 1 is 1.47 bits per heavy atom. The van der Waals surface area contributed by atoms with Crippen LogP contribution in [0.1, 0.15) is 36.9 Å². The Morgan fingerprint density at radius 2 is 2.35 bits per heavy atom. The van der Waals surface area contributed by atoms with E-state index in [1.165, 1.54) is 28.4 Å². The van der Waals surface area contributed by atoms with Crippen LogP contribution < -0.4 is 5.32 Å². The zero-order valence-electron chi connectivity index (χ0n) is 10.3. The summed E-state index contributed by atoms with van der Waals surface area (Å²) in [4.78, 5) is 0. The minimum atomic E-state index is 0.541. The first-order valence-corrected chi connectivity index (χ1v) is 7.20. The van der Waals surface area contributed by atoms with E-state index in [0.717, 1.165) is 26.2 Å². The second kappa shape index (κ2) is 6.53. The third kappa shape index (κ3) is 3.54. The molecule has 0 bridgehead atoms. The summed E-state index contributed by atoms with van der Waals surface area (Å²) in [7, 11) is 0. The van der Waals surface area contributed by atoms with Crippen LogP contribution in [0.4, 0.5) is 0 Å². The SMILES string of the molecule is CCOCCCNC1CCc2cc(Br)ccc21. The van der Waals surface area contributed by atoms with Crippen LogP contribution in [-0.4, -0.2) is 19.8 Å². The van der Waals surface area contributed by atoms with Gasteiger partial charge in [-0.3, -0.25) is 0 Å². The summed E-state index contributed by atoms with van der Waals surface area (Å²) in [5, 5.41) is 3.62. The molecule has 94 valence electrons. The average molecular weight is 298 g/mol. The molecule has 3 heteroatoms. The molecule has 1 atom stereocenters. The molecule has 0 radical (unpaired) electrons. The lowest BCUT2D eigenvalue weighted by atomic mass is 10.1.